The van der Waals surface area contributed by atoms with Gasteiger partial charge in [0.25, 0.3) is 0 Å². The summed E-state index contributed by atoms with van der Waals surface area (Å²) in [5, 5.41) is 8.76. The number of methoxy groups -OCH3 is 3. The van der Waals surface area contributed by atoms with Gasteiger partial charge in [-0.3, -0.25) is 0 Å². The van der Waals surface area contributed by atoms with E-state index in [0.717, 1.165) is 0 Å². The zero-order valence-electron chi connectivity index (χ0n) is 8.85. The van der Waals surface area contributed by atoms with E-state index in [4.69, 9.17) is 19.5 Å². The predicted octanol–water partition coefficient (Wildman–Crippen LogP) is 1.25. The van der Waals surface area contributed by atoms with Crippen molar-refractivity contribution in [2.75, 3.05) is 21.3 Å². The Balaban J connectivity index is 3.08. The van der Waals surface area contributed by atoms with E-state index in [2.05, 4.69) is 4.98 Å². The number of rotatable bonds is 4. The molecule has 0 aliphatic rings. The van der Waals surface area contributed by atoms with Crippen LogP contribution in [0.4, 0.5) is 0 Å². The van der Waals surface area contributed by atoms with Crippen molar-refractivity contribution in [3.05, 3.63) is 23.4 Å². The highest BCUT2D eigenvalue weighted by Crippen LogP contribution is 2.20. The summed E-state index contributed by atoms with van der Waals surface area (Å²) in [5.41, 5.74) is 0.947. The van der Waals surface area contributed by atoms with Gasteiger partial charge in [-0.05, 0) is 12.1 Å². The molecule has 0 bridgehead atoms. The van der Waals surface area contributed by atoms with Crippen LogP contribution in [0.2, 0.25) is 0 Å². The summed E-state index contributed by atoms with van der Waals surface area (Å²) in [7, 11) is 4.49. The van der Waals surface area contributed by atoms with Gasteiger partial charge in [-0.1, -0.05) is 0 Å². The predicted molar refractivity (Wildman–Crippen MR) is 52.3 cm³/mol. The first kappa shape index (κ1) is 11.4. The Morgan fingerprint density at radius 1 is 1.27 bits per heavy atom. The van der Waals surface area contributed by atoms with Crippen molar-refractivity contribution in [2.24, 2.45) is 0 Å². The molecule has 1 rings (SSSR count). The first-order valence-electron chi connectivity index (χ1n) is 4.27. The Morgan fingerprint density at radius 3 is 2.40 bits per heavy atom. The van der Waals surface area contributed by atoms with Crippen LogP contribution in [0.25, 0.3) is 0 Å². The smallest absolute Gasteiger partial charge is 0.231 e. The number of nitrogens with zero attached hydrogens (tertiary/aromatic N) is 2. The topological polar surface area (TPSA) is 64.4 Å². The third kappa shape index (κ3) is 2.43. The van der Waals surface area contributed by atoms with E-state index in [0.29, 0.717) is 11.3 Å². The van der Waals surface area contributed by atoms with Gasteiger partial charge in [-0.25, -0.2) is 4.98 Å². The minimum absolute atomic E-state index is 0.272. The van der Waals surface area contributed by atoms with Crippen LogP contribution in [-0.2, 0) is 9.47 Å². The summed E-state index contributed by atoms with van der Waals surface area (Å²) in [6.45, 7) is 0. The molecule has 1 aromatic rings. The molecule has 0 aliphatic carbocycles. The van der Waals surface area contributed by atoms with Crippen molar-refractivity contribution in [1.82, 2.24) is 4.98 Å². The molecule has 15 heavy (non-hydrogen) atoms. The lowest BCUT2D eigenvalue weighted by atomic mass is 10.2. The van der Waals surface area contributed by atoms with Crippen LogP contribution in [0, 0.1) is 11.3 Å². The van der Waals surface area contributed by atoms with Gasteiger partial charge in [0, 0.05) is 14.2 Å². The highest BCUT2D eigenvalue weighted by atomic mass is 16.7. The minimum atomic E-state index is -0.549. The van der Waals surface area contributed by atoms with Gasteiger partial charge in [0.1, 0.15) is 17.3 Å². The molecule has 80 valence electrons. The molecule has 0 amide bonds. The maximum Gasteiger partial charge on any atom is 0.231 e. The van der Waals surface area contributed by atoms with Crippen LogP contribution in [0.3, 0.4) is 0 Å². The molecule has 5 nitrogen and oxygen atoms in total. The average Bonchev–Trinajstić information content (AvgIpc) is 2.30. The molecular formula is C10H12N2O3. The largest absolute Gasteiger partial charge is 0.480 e. The molecule has 0 fully saturated rings. The molecule has 0 N–H and O–H groups in total. The second kappa shape index (κ2) is 5.29. The first-order chi connectivity index (χ1) is 7.26. The monoisotopic (exact) mass is 208 g/mol. The summed E-state index contributed by atoms with van der Waals surface area (Å²) in [5.74, 6) is 0.272. The standard InChI is InChI=1S/C10H12N2O3/c1-13-9-7(6-11)4-5-8(12-9)10(14-2)15-3/h4-5,10H,1-3H3. The molecule has 5 heteroatoms. The van der Waals surface area contributed by atoms with Crippen LogP contribution in [-0.4, -0.2) is 26.3 Å². The van der Waals surface area contributed by atoms with Crippen LogP contribution in [0.5, 0.6) is 5.88 Å². The van der Waals surface area contributed by atoms with Crippen LogP contribution in [0.15, 0.2) is 12.1 Å². The summed E-state index contributed by atoms with van der Waals surface area (Å²) in [6, 6.07) is 5.26. The van der Waals surface area contributed by atoms with Crippen LogP contribution < -0.4 is 4.74 Å². The van der Waals surface area contributed by atoms with E-state index >= 15 is 0 Å². The van der Waals surface area contributed by atoms with Crippen molar-refractivity contribution < 1.29 is 14.2 Å². The number of nitriles is 1. The second-order valence-electron chi connectivity index (χ2n) is 2.71. The highest BCUT2D eigenvalue weighted by Gasteiger charge is 2.13. The molecule has 1 heterocycles. The van der Waals surface area contributed by atoms with Crippen molar-refractivity contribution >= 4 is 0 Å². The van der Waals surface area contributed by atoms with E-state index in [1.54, 1.807) is 12.1 Å². The fraction of sp³-hybridized carbons (Fsp3) is 0.400. The van der Waals surface area contributed by atoms with Gasteiger partial charge in [0.05, 0.1) is 7.11 Å². The summed E-state index contributed by atoms with van der Waals surface area (Å²) in [6.07, 6.45) is -0.549. The normalized spacial score (nSPS) is 10.1. The maximum absolute atomic E-state index is 8.76. The summed E-state index contributed by atoms with van der Waals surface area (Å²) in [4.78, 5) is 4.11. The van der Waals surface area contributed by atoms with Crippen molar-refractivity contribution in [3.63, 3.8) is 0 Å². The molecule has 0 aromatic carbocycles. The second-order valence-corrected chi connectivity index (χ2v) is 2.71. The van der Waals surface area contributed by atoms with Gasteiger partial charge in [-0.15, -0.1) is 0 Å². The summed E-state index contributed by atoms with van der Waals surface area (Å²) >= 11 is 0. The SMILES string of the molecule is COc1nc(C(OC)OC)ccc1C#N. The van der Waals surface area contributed by atoms with Gasteiger partial charge < -0.3 is 14.2 Å². The fourth-order valence-corrected chi connectivity index (χ4v) is 1.16. The van der Waals surface area contributed by atoms with Gasteiger partial charge >= 0.3 is 0 Å². The lowest BCUT2D eigenvalue weighted by molar-refractivity contribution is -0.108. The molecule has 0 atom stereocenters. The van der Waals surface area contributed by atoms with E-state index in [1.807, 2.05) is 6.07 Å². The zero-order valence-corrected chi connectivity index (χ0v) is 8.85. The Hall–Kier alpha value is -1.64. The molecule has 0 saturated carbocycles. The van der Waals surface area contributed by atoms with Gasteiger partial charge in [-0.2, -0.15) is 5.26 Å². The third-order valence-electron chi connectivity index (χ3n) is 1.87. The Bertz CT molecular complexity index is 369. The Labute approximate surface area is 88.2 Å². The highest BCUT2D eigenvalue weighted by molar-refractivity contribution is 5.38. The van der Waals surface area contributed by atoms with Gasteiger partial charge in [0.15, 0.2) is 0 Å². The van der Waals surface area contributed by atoms with Crippen LogP contribution in [0.1, 0.15) is 17.5 Å². The zero-order chi connectivity index (χ0) is 11.3. The van der Waals surface area contributed by atoms with Crippen molar-refractivity contribution in [1.29, 1.82) is 5.26 Å². The molecule has 0 unspecified atom stereocenters. The number of hydrogen-bond donors (Lipinski definition) is 0. The fourth-order valence-electron chi connectivity index (χ4n) is 1.16. The van der Waals surface area contributed by atoms with E-state index in [1.165, 1.54) is 21.3 Å². The van der Waals surface area contributed by atoms with E-state index < -0.39 is 6.29 Å². The minimum Gasteiger partial charge on any atom is -0.480 e. The lowest BCUT2D eigenvalue weighted by Gasteiger charge is -2.13. The van der Waals surface area contributed by atoms with Crippen molar-refractivity contribution in [3.8, 4) is 11.9 Å². The quantitative estimate of drug-likeness (QED) is 0.697. The first-order valence-corrected chi connectivity index (χ1v) is 4.27. The third-order valence-corrected chi connectivity index (χ3v) is 1.87. The molecular weight excluding hydrogens is 196 g/mol. The molecule has 1 aromatic heterocycles. The molecule has 0 saturated heterocycles. The lowest BCUT2D eigenvalue weighted by Crippen LogP contribution is -2.07. The van der Waals surface area contributed by atoms with E-state index in [9.17, 15) is 0 Å². The van der Waals surface area contributed by atoms with Crippen molar-refractivity contribution in [2.45, 2.75) is 6.29 Å². The van der Waals surface area contributed by atoms with E-state index in [-0.39, 0.29) is 5.88 Å². The average molecular weight is 208 g/mol. The number of ether oxygens (including phenoxy) is 3. The molecule has 0 aliphatic heterocycles. The number of hydrogen-bond acceptors (Lipinski definition) is 5. The Kier molecular flexibility index (Phi) is 4.03. The van der Waals surface area contributed by atoms with Crippen LogP contribution >= 0.6 is 0 Å². The Morgan fingerprint density at radius 2 is 1.93 bits per heavy atom. The molecule has 0 spiro atoms. The number of pyridine rings is 1. The molecule has 0 radical (unpaired) electrons. The van der Waals surface area contributed by atoms with Gasteiger partial charge in [0.2, 0.25) is 12.2 Å². The summed E-state index contributed by atoms with van der Waals surface area (Å²) < 4.78 is 15.0. The maximum atomic E-state index is 8.76. The number of aromatic nitrogens is 1.